The maximum Gasteiger partial charge on any atom is 0.251 e. The van der Waals surface area contributed by atoms with E-state index in [0.717, 1.165) is 0 Å². The summed E-state index contributed by atoms with van der Waals surface area (Å²) in [7, 11) is -2.25. The van der Waals surface area contributed by atoms with Crippen LogP contribution in [0.5, 0.6) is 0 Å². The van der Waals surface area contributed by atoms with Crippen LogP contribution in [0.25, 0.3) is 0 Å². The summed E-state index contributed by atoms with van der Waals surface area (Å²) in [6.07, 6.45) is 0. The van der Waals surface area contributed by atoms with E-state index in [-0.39, 0.29) is 16.4 Å². The van der Waals surface area contributed by atoms with Crippen LogP contribution in [-0.2, 0) is 19.5 Å². The quantitative estimate of drug-likeness (QED) is 0.658. The molecule has 0 aliphatic carbocycles. The average molecular weight is 316 g/mol. The highest BCUT2D eigenvalue weighted by atomic mass is 32.2. The standard InChI is InChI=1S/C13H20N2O5S/c1-10-3-4-11(21(14,17)18)9-12(10)13(16)15-5-6-20-8-7-19-2/h3-4,9H,5-8H2,1-2H3,(H,15,16)(H2,14,17,18). The Bertz CT molecular complexity index is 586. The molecule has 1 aromatic rings. The number of benzene rings is 1. The lowest BCUT2D eigenvalue weighted by Crippen LogP contribution is -2.28. The number of aryl methyl sites for hydroxylation is 1. The van der Waals surface area contributed by atoms with Crippen LogP contribution in [-0.4, -0.2) is 47.8 Å². The van der Waals surface area contributed by atoms with Gasteiger partial charge in [0.1, 0.15) is 0 Å². The second-order valence-electron chi connectivity index (χ2n) is 4.38. The zero-order chi connectivity index (χ0) is 15.9. The molecule has 1 amide bonds. The Morgan fingerprint density at radius 2 is 2.00 bits per heavy atom. The number of nitrogens with two attached hydrogens (primary N) is 1. The van der Waals surface area contributed by atoms with E-state index in [0.29, 0.717) is 31.9 Å². The first kappa shape index (κ1) is 17.6. The van der Waals surface area contributed by atoms with E-state index in [4.69, 9.17) is 14.6 Å². The summed E-state index contributed by atoms with van der Waals surface area (Å²) >= 11 is 0. The number of carbonyl (C=O) groups is 1. The van der Waals surface area contributed by atoms with Crippen molar-refractivity contribution in [1.82, 2.24) is 5.32 Å². The average Bonchev–Trinajstić information content (AvgIpc) is 2.41. The number of ether oxygens (including phenoxy) is 2. The second-order valence-corrected chi connectivity index (χ2v) is 5.94. The van der Waals surface area contributed by atoms with E-state index >= 15 is 0 Å². The van der Waals surface area contributed by atoms with Gasteiger partial charge in [0, 0.05) is 19.2 Å². The Morgan fingerprint density at radius 1 is 1.29 bits per heavy atom. The van der Waals surface area contributed by atoms with Gasteiger partial charge in [0.15, 0.2) is 0 Å². The molecule has 0 spiro atoms. The molecule has 0 saturated heterocycles. The van der Waals surface area contributed by atoms with Crippen LogP contribution in [0.1, 0.15) is 15.9 Å². The van der Waals surface area contributed by atoms with Gasteiger partial charge in [-0.25, -0.2) is 13.6 Å². The van der Waals surface area contributed by atoms with Crippen molar-refractivity contribution in [2.24, 2.45) is 5.14 Å². The Kier molecular flexibility index (Phi) is 6.76. The van der Waals surface area contributed by atoms with Crippen LogP contribution < -0.4 is 10.5 Å². The SMILES string of the molecule is COCCOCCNC(=O)c1cc(S(N)(=O)=O)ccc1C. The van der Waals surface area contributed by atoms with Gasteiger partial charge in [-0.05, 0) is 24.6 Å². The molecule has 0 aliphatic rings. The summed E-state index contributed by atoms with van der Waals surface area (Å²) < 4.78 is 32.6. The number of amides is 1. The molecule has 0 saturated carbocycles. The maximum absolute atomic E-state index is 12.0. The van der Waals surface area contributed by atoms with Crippen LogP contribution in [0, 0.1) is 6.92 Å². The molecule has 7 nitrogen and oxygen atoms in total. The van der Waals surface area contributed by atoms with E-state index in [1.807, 2.05) is 0 Å². The fraction of sp³-hybridized carbons (Fsp3) is 0.462. The lowest BCUT2D eigenvalue weighted by atomic mass is 10.1. The fourth-order valence-electron chi connectivity index (χ4n) is 1.60. The van der Waals surface area contributed by atoms with Crippen molar-refractivity contribution in [3.8, 4) is 0 Å². The third-order valence-corrected chi connectivity index (χ3v) is 3.66. The van der Waals surface area contributed by atoms with Crippen LogP contribution in [0.3, 0.4) is 0 Å². The zero-order valence-electron chi connectivity index (χ0n) is 12.1. The number of sulfonamides is 1. The number of nitrogens with one attached hydrogen (secondary N) is 1. The van der Waals surface area contributed by atoms with Gasteiger partial charge in [-0.1, -0.05) is 6.07 Å². The summed E-state index contributed by atoms with van der Waals surface area (Å²) in [5.41, 5.74) is 0.943. The van der Waals surface area contributed by atoms with Crippen LogP contribution >= 0.6 is 0 Å². The second kappa shape index (κ2) is 8.08. The number of methoxy groups -OCH3 is 1. The smallest absolute Gasteiger partial charge is 0.251 e. The van der Waals surface area contributed by atoms with Crippen molar-refractivity contribution < 1.29 is 22.7 Å². The molecule has 0 aliphatic heterocycles. The van der Waals surface area contributed by atoms with Crippen molar-refractivity contribution in [1.29, 1.82) is 0 Å². The minimum atomic E-state index is -3.83. The van der Waals surface area contributed by atoms with Gasteiger partial charge in [0.25, 0.3) is 5.91 Å². The van der Waals surface area contributed by atoms with Gasteiger partial charge in [0.2, 0.25) is 10.0 Å². The van der Waals surface area contributed by atoms with E-state index in [1.54, 1.807) is 20.1 Å². The lowest BCUT2D eigenvalue weighted by Gasteiger charge is -2.09. The normalized spacial score (nSPS) is 11.4. The fourth-order valence-corrected chi connectivity index (χ4v) is 2.14. The largest absolute Gasteiger partial charge is 0.382 e. The monoisotopic (exact) mass is 316 g/mol. The summed E-state index contributed by atoms with van der Waals surface area (Å²) in [6.45, 7) is 3.33. The molecule has 0 heterocycles. The van der Waals surface area contributed by atoms with Crippen molar-refractivity contribution in [3.63, 3.8) is 0 Å². The molecule has 0 unspecified atom stereocenters. The molecule has 1 aromatic carbocycles. The van der Waals surface area contributed by atoms with E-state index < -0.39 is 10.0 Å². The highest BCUT2D eigenvalue weighted by molar-refractivity contribution is 7.89. The van der Waals surface area contributed by atoms with Crippen molar-refractivity contribution >= 4 is 15.9 Å². The Morgan fingerprint density at radius 3 is 2.62 bits per heavy atom. The third kappa shape index (κ3) is 5.80. The molecule has 8 heteroatoms. The first-order valence-electron chi connectivity index (χ1n) is 6.34. The van der Waals surface area contributed by atoms with Gasteiger partial charge >= 0.3 is 0 Å². The van der Waals surface area contributed by atoms with Gasteiger partial charge in [-0.15, -0.1) is 0 Å². The number of carbonyl (C=O) groups excluding carboxylic acids is 1. The number of hydrogen-bond donors (Lipinski definition) is 2. The molecule has 3 N–H and O–H groups in total. The molecular formula is C13H20N2O5S. The summed E-state index contributed by atoms with van der Waals surface area (Å²) in [5, 5.41) is 7.71. The minimum absolute atomic E-state index is 0.0883. The number of primary sulfonamides is 1. The van der Waals surface area contributed by atoms with E-state index in [2.05, 4.69) is 5.32 Å². The molecular weight excluding hydrogens is 296 g/mol. The first-order valence-corrected chi connectivity index (χ1v) is 7.89. The summed E-state index contributed by atoms with van der Waals surface area (Å²) in [4.78, 5) is 11.9. The minimum Gasteiger partial charge on any atom is -0.382 e. The van der Waals surface area contributed by atoms with E-state index in [9.17, 15) is 13.2 Å². The van der Waals surface area contributed by atoms with Gasteiger partial charge in [-0.3, -0.25) is 4.79 Å². The molecule has 1 rings (SSSR count). The van der Waals surface area contributed by atoms with Crippen LogP contribution in [0.15, 0.2) is 23.1 Å². The zero-order valence-corrected chi connectivity index (χ0v) is 12.9. The number of rotatable bonds is 8. The predicted molar refractivity (Wildman–Crippen MR) is 77.6 cm³/mol. The van der Waals surface area contributed by atoms with Crippen LogP contribution in [0.4, 0.5) is 0 Å². The predicted octanol–water partition coefficient (Wildman–Crippen LogP) is 0.0352. The molecule has 21 heavy (non-hydrogen) atoms. The van der Waals surface area contributed by atoms with Crippen molar-refractivity contribution in [2.75, 3.05) is 33.5 Å². The van der Waals surface area contributed by atoms with Crippen molar-refractivity contribution in [2.45, 2.75) is 11.8 Å². The van der Waals surface area contributed by atoms with Gasteiger partial charge in [-0.2, -0.15) is 0 Å². The Labute approximate surface area is 124 Å². The summed E-state index contributed by atoms with van der Waals surface area (Å²) in [6, 6.07) is 4.19. The molecule has 0 aromatic heterocycles. The Hall–Kier alpha value is -1.48. The highest BCUT2D eigenvalue weighted by Crippen LogP contribution is 2.14. The topological polar surface area (TPSA) is 108 Å². The van der Waals surface area contributed by atoms with E-state index in [1.165, 1.54) is 12.1 Å². The molecule has 0 radical (unpaired) electrons. The molecule has 0 atom stereocenters. The van der Waals surface area contributed by atoms with Crippen molar-refractivity contribution in [3.05, 3.63) is 29.3 Å². The number of hydrogen-bond acceptors (Lipinski definition) is 5. The molecule has 0 fully saturated rings. The first-order chi connectivity index (χ1) is 9.86. The maximum atomic E-state index is 12.0. The van der Waals surface area contributed by atoms with Gasteiger partial charge in [0.05, 0.1) is 24.7 Å². The lowest BCUT2D eigenvalue weighted by molar-refractivity contribution is 0.0692. The third-order valence-electron chi connectivity index (χ3n) is 2.75. The molecule has 0 bridgehead atoms. The van der Waals surface area contributed by atoms with Crippen LogP contribution in [0.2, 0.25) is 0 Å². The molecule has 118 valence electrons. The Balaban J connectivity index is 2.62. The van der Waals surface area contributed by atoms with Gasteiger partial charge < -0.3 is 14.8 Å². The summed E-state index contributed by atoms with van der Waals surface area (Å²) in [5.74, 6) is -0.367. The highest BCUT2D eigenvalue weighted by Gasteiger charge is 2.14.